The largest absolute Gasteiger partial charge is 0.493 e. The quantitative estimate of drug-likeness (QED) is 0.637. The standard InChI is InChI=1S/C18H17N3O6S/c1-25-13-8-4-5-9-14(13)26-11-16(22)19-18-21-20-17(27-18)12-7-3-6-10-15(12)28(2,23)24/h3-10H,11H2,1-2H3,(H,19,21,22). The van der Waals surface area contributed by atoms with E-state index in [0.29, 0.717) is 11.5 Å². The Morgan fingerprint density at radius 2 is 1.75 bits per heavy atom. The summed E-state index contributed by atoms with van der Waals surface area (Å²) in [6.07, 6.45) is 1.08. The lowest BCUT2D eigenvalue weighted by Crippen LogP contribution is -2.20. The highest BCUT2D eigenvalue weighted by molar-refractivity contribution is 7.90. The molecule has 0 atom stereocenters. The van der Waals surface area contributed by atoms with Gasteiger partial charge in [-0.3, -0.25) is 10.1 Å². The second kappa shape index (κ2) is 8.09. The van der Waals surface area contributed by atoms with Gasteiger partial charge < -0.3 is 13.9 Å². The van der Waals surface area contributed by atoms with Crippen LogP contribution >= 0.6 is 0 Å². The molecule has 0 saturated carbocycles. The molecule has 3 aromatic rings. The monoisotopic (exact) mass is 403 g/mol. The summed E-state index contributed by atoms with van der Waals surface area (Å²) in [6.45, 7) is -0.308. The number of aromatic nitrogens is 2. The van der Waals surface area contributed by atoms with Crippen molar-refractivity contribution in [2.45, 2.75) is 4.90 Å². The minimum absolute atomic E-state index is 0.0260. The van der Waals surface area contributed by atoms with Gasteiger partial charge >= 0.3 is 6.01 Å². The van der Waals surface area contributed by atoms with Crippen LogP contribution in [0.25, 0.3) is 11.5 Å². The van der Waals surface area contributed by atoms with Crippen molar-refractivity contribution in [1.29, 1.82) is 0 Å². The molecule has 1 aromatic heterocycles. The summed E-state index contributed by atoms with van der Waals surface area (Å²) in [6, 6.07) is 12.9. The molecule has 0 radical (unpaired) electrons. The van der Waals surface area contributed by atoms with Crippen LogP contribution in [0.2, 0.25) is 0 Å². The molecule has 0 unspecified atom stereocenters. The van der Waals surface area contributed by atoms with Crippen LogP contribution in [0.5, 0.6) is 11.5 Å². The molecule has 1 heterocycles. The summed E-state index contributed by atoms with van der Waals surface area (Å²) in [5.41, 5.74) is 0.253. The van der Waals surface area contributed by atoms with Crippen molar-refractivity contribution in [2.24, 2.45) is 0 Å². The van der Waals surface area contributed by atoms with Crippen molar-refractivity contribution in [3.63, 3.8) is 0 Å². The SMILES string of the molecule is COc1ccccc1OCC(=O)Nc1nnc(-c2ccccc2S(C)(=O)=O)o1. The van der Waals surface area contributed by atoms with E-state index in [1.807, 2.05) is 0 Å². The Labute approximate surface area is 161 Å². The van der Waals surface area contributed by atoms with Crippen LogP contribution in [0.1, 0.15) is 0 Å². The van der Waals surface area contributed by atoms with Gasteiger partial charge in [-0.1, -0.05) is 29.4 Å². The highest BCUT2D eigenvalue weighted by atomic mass is 32.2. The van der Waals surface area contributed by atoms with Crippen molar-refractivity contribution in [1.82, 2.24) is 10.2 Å². The third kappa shape index (κ3) is 4.46. The molecule has 146 valence electrons. The number of nitrogens with zero attached hydrogens (tertiary/aromatic N) is 2. The van der Waals surface area contributed by atoms with E-state index in [2.05, 4.69) is 15.5 Å². The van der Waals surface area contributed by atoms with Crippen molar-refractivity contribution >= 4 is 21.8 Å². The van der Waals surface area contributed by atoms with Gasteiger partial charge in [0.25, 0.3) is 11.8 Å². The van der Waals surface area contributed by atoms with Gasteiger partial charge in [0.05, 0.1) is 17.6 Å². The zero-order chi connectivity index (χ0) is 20.1. The number of sulfone groups is 1. The lowest BCUT2D eigenvalue weighted by atomic mass is 10.2. The van der Waals surface area contributed by atoms with Crippen LogP contribution in [0.15, 0.2) is 57.8 Å². The molecule has 0 aliphatic carbocycles. The van der Waals surface area contributed by atoms with Gasteiger partial charge in [0.15, 0.2) is 27.9 Å². The highest BCUT2D eigenvalue weighted by Crippen LogP contribution is 2.27. The van der Waals surface area contributed by atoms with E-state index in [-0.39, 0.29) is 29.0 Å². The summed E-state index contributed by atoms with van der Waals surface area (Å²) in [5.74, 6) is 0.348. The number of benzene rings is 2. The van der Waals surface area contributed by atoms with Gasteiger partial charge in [-0.2, -0.15) is 0 Å². The third-order valence-corrected chi connectivity index (χ3v) is 4.77. The van der Waals surface area contributed by atoms with E-state index in [4.69, 9.17) is 13.9 Å². The van der Waals surface area contributed by atoms with Crippen LogP contribution < -0.4 is 14.8 Å². The van der Waals surface area contributed by atoms with Gasteiger partial charge in [-0.05, 0) is 24.3 Å². The number of carbonyl (C=O) groups excluding carboxylic acids is 1. The first-order valence-corrected chi connectivity index (χ1v) is 9.96. The fourth-order valence-electron chi connectivity index (χ4n) is 2.39. The van der Waals surface area contributed by atoms with Crippen molar-refractivity contribution in [3.05, 3.63) is 48.5 Å². The molecular weight excluding hydrogens is 386 g/mol. The molecule has 1 N–H and O–H groups in total. The number of hydrogen-bond donors (Lipinski definition) is 1. The van der Waals surface area contributed by atoms with Gasteiger partial charge in [0.2, 0.25) is 0 Å². The molecule has 3 rings (SSSR count). The Balaban J connectivity index is 1.69. The average Bonchev–Trinajstić information content (AvgIpc) is 3.14. The molecule has 0 aliphatic heterocycles. The second-order valence-corrected chi connectivity index (χ2v) is 7.65. The molecular formula is C18H17N3O6S. The van der Waals surface area contributed by atoms with Crippen LogP contribution in [0.3, 0.4) is 0 Å². The molecule has 0 fully saturated rings. The lowest BCUT2D eigenvalue weighted by Gasteiger charge is -2.09. The van der Waals surface area contributed by atoms with Gasteiger partial charge in [-0.25, -0.2) is 8.42 Å². The van der Waals surface area contributed by atoms with E-state index < -0.39 is 15.7 Å². The fourth-order valence-corrected chi connectivity index (χ4v) is 3.27. The van der Waals surface area contributed by atoms with Crippen LogP contribution in [0, 0.1) is 0 Å². The minimum atomic E-state index is -3.49. The Kier molecular flexibility index (Phi) is 5.59. The summed E-state index contributed by atoms with van der Waals surface area (Å²) in [7, 11) is -1.99. The first-order chi connectivity index (χ1) is 13.4. The Morgan fingerprint density at radius 3 is 2.46 bits per heavy atom. The third-order valence-electron chi connectivity index (χ3n) is 3.62. The predicted octanol–water partition coefficient (Wildman–Crippen LogP) is 2.17. The number of nitrogens with one attached hydrogen (secondary N) is 1. The number of para-hydroxylation sites is 2. The molecule has 0 saturated heterocycles. The summed E-state index contributed by atoms with van der Waals surface area (Å²) < 4.78 is 39.7. The van der Waals surface area contributed by atoms with Crippen molar-refractivity contribution < 1.29 is 27.1 Å². The molecule has 0 spiro atoms. The molecule has 10 heteroatoms. The number of rotatable bonds is 7. The maximum absolute atomic E-state index is 12.1. The molecule has 9 nitrogen and oxygen atoms in total. The molecule has 0 aliphatic rings. The Bertz CT molecular complexity index is 1090. The topological polar surface area (TPSA) is 121 Å². The minimum Gasteiger partial charge on any atom is -0.493 e. The second-order valence-electron chi connectivity index (χ2n) is 5.67. The summed E-state index contributed by atoms with van der Waals surface area (Å²) >= 11 is 0. The number of amides is 1. The fraction of sp³-hybridized carbons (Fsp3) is 0.167. The van der Waals surface area contributed by atoms with E-state index in [1.54, 1.807) is 42.5 Å². The van der Waals surface area contributed by atoms with Crippen LogP contribution in [-0.2, 0) is 14.6 Å². The molecule has 2 aromatic carbocycles. The van der Waals surface area contributed by atoms with E-state index in [1.165, 1.54) is 13.2 Å². The number of carbonyl (C=O) groups is 1. The maximum atomic E-state index is 12.1. The van der Waals surface area contributed by atoms with Crippen LogP contribution in [0.4, 0.5) is 6.01 Å². The zero-order valence-corrected chi connectivity index (χ0v) is 15.9. The number of methoxy groups -OCH3 is 1. The van der Waals surface area contributed by atoms with Gasteiger partial charge in [-0.15, -0.1) is 5.10 Å². The normalized spacial score (nSPS) is 11.1. The van der Waals surface area contributed by atoms with Crippen molar-refractivity contribution in [2.75, 3.05) is 25.3 Å². The van der Waals surface area contributed by atoms with E-state index >= 15 is 0 Å². The smallest absolute Gasteiger partial charge is 0.322 e. The molecule has 28 heavy (non-hydrogen) atoms. The molecule has 0 bridgehead atoms. The molecule has 1 amide bonds. The lowest BCUT2D eigenvalue weighted by molar-refractivity contribution is -0.118. The summed E-state index contributed by atoms with van der Waals surface area (Å²) in [5, 5.41) is 9.93. The average molecular weight is 403 g/mol. The van der Waals surface area contributed by atoms with Gasteiger partial charge in [0.1, 0.15) is 0 Å². The number of hydrogen-bond acceptors (Lipinski definition) is 8. The summed E-state index contributed by atoms with van der Waals surface area (Å²) in [4.78, 5) is 12.1. The number of ether oxygens (including phenoxy) is 2. The first-order valence-electron chi connectivity index (χ1n) is 8.07. The first kappa shape index (κ1) is 19.4. The predicted molar refractivity (Wildman–Crippen MR) is 100.0 cm³/mol. The highest BCUT2D eigenvalue weighted by Gasteiger charge is 2.19. The van der Waals surface area contributed by atoms with E-state index in [0.717, 1.165) is 6.26 Å². The van der Waals surface area contributed by atoms with E-state index in [9.17, 15) is 13.2 Å². The van der Waals surface area contributed by atoms with Gasteiger partial charge in [0, 0.05) is 6.26 Å². The number of anilines is 1. The Hall–Kier alpha value is -3.40. The zero-order valence-electron chi connectivity index (χ0n) is 15.1. The maximum Gasteiger partial charge on any atom is 0.322 e. The van der Waals surface area contributed by atoms with Crippen LogP contribution in [-0.4, -0.2) is 44.5 Å². The Morgan fingerprint density at radius 1 is 1.07 bits per heavy atom. The van der Waals surface area contributed by atoms with Crippen molar-refractivity contribution in [3.8, 4) is 23.0 Å².